The van der Waals surface area contributed by atoms with Crippen molar-refractivity contribution in [1.29, 1.82) is 0 Å². The van der Waals surface area contributed by atoms with Gasteiger partial charge in [0.05, 0.1) is 32.5 Å². The molecule has 11 nitrogen and oxygen atoms in total. The van der Waals surface area contributed by atoms with E-state index < -0.39 is 17.9 Å². The van der Waals surface area contributed by atoms with Crippen LogP contribution in [0.25, 0.3) is 0 Å². The minimum Gasteiger partial charge on any atom is -0.490 e. The second-order valence-electron chi connectivity index (χ2n) is 10.8. The Morgan fingerprint density at radius 2 is 2.07 bits per heavy atom. The second kappa shape index (κ2) is 23.1. The molecule has 1 aromatic carbocycles. The van der Waals surface area contributed by atoms with E-state index in [1.807, 2.05) is 0 Å². The fourth-order valence-electron chi connectivity index (χ4n) is 3.80. The van der Waals surface area contributed by atoms with Gasteiger partial charge >= 0.3 is 0 Å². The van der Waals surface area contributed by atoms with Crippen molar-refractivity contribution in [2.75, 3.05) is 58.9 Å². The maximum atomic E-state index is 13.8. The highest BCUT2D eigenvalue weighted by Crippen LogP contribution is 2.38. The van der Waals surface area contributed by atoms with Crippen LogP contribution in [0.15, 0.2) is 24.3 Å². The number of carbonyl (C=O) groups excluding carboxylic acids is 2. The molecule has 0 aromatic heterocycles. The van der Waals surface area contributed by atoms with Gasteiger partial charge in [-0.2, -0.15) is 5.82 Å². The van der Waals surface area contributed by atoms with Crippen molar-refractivity contribution in [2.24, 2.45) is 5.73 Å². The van der Waals surface area contributed by atoms with Crippen LogP contribution in [0.5, 0.6) is 5.75 Å². The molecule has 0 aliphatic carbocycles. The molecule has 2 unspecified atom stereocenters. The molecule has 1 fully saturated rings. The van der Waals surface area contributed by atoms with Crippen LogP contribution in [0.4, 0.5) is 4.39 Å². The summed E-state index contributed by atoms with van der Waals surface area (Å²) >= 11 is 0. The van der Waals surface area contributed by atoms with Crippen LogP contribution >= 0.6 is 43.2 Å². The van der Waals surface area contributed by atoms with Crippen molar-refractivity contribution in [1.82, 2.24) is 10.6 Å². The lowest BCUT2D eigenvalue weighted by atomic mass is 9.71. The lowest BCUT2D eigenvalue weighted by Crippen LogP contribution is -2.29. The zero-order valence-corrected chi connectivity index (χ0v) is 29.9. The number of aliphatic hydroxyl groups is 1. The van der Waals surface area contributed by atoms with E-state index in [9.17, 15) is 19.1 Å². The van der Waals surface area contributed by atoms with E-state index in [0.29, 0.717) is 38.1 Å². The molecule has 0 radical (unpaired) electrons. The summed E-state index contributed by atoms with van der Waals surface area (Å²) in [6, 6.07) is 6.63. The highest BCUT2D eigenvalue weighted by molar-refractivity contribution is 8.77. The van der Waals surface area contributed by atoms with Crippen molar-refractivity contribution >= 4 is 62.3 Å². The van der Waals surface area contributed by atoms with E-state index in [4.69, 9.17) is 29.4 Å². The highest BCUT2D eigenvalue weighted by atomic mass is 33.1. The molecule has 0 spiro atoms. The summed E-state index contributed by atoms with van der Waals surface area (Å²) in [5.74, 6) is 5.83. The number of benzene rings is 1. The predicted molar refractivity (Wildman–Crippen MR) is 188 cm³/mol. The first-order chi connectivity index (χ1) is 22.0. The van der Waals surface area contributed by atoms with Gasteiger partial charge in [-0.1, -0.05) is 65.1 Å². The summed E-state index contributed by atoms with van der Waals surface area (Å²) < 4.78 is 42.2. The van der Waals surface area contributed by atoms with E-state index in [-0.39, 0.29) is 67.6 Å². The normalized spacial score (nSPS) is 19.1. The number of nitrogens with two attached hydrogens (primary N) is 1. The number of aliphatic hydroxyl groups excluding tert-OH is 1. The van der Waals surface area contributed by atoms with Crippen molar-refractivity contribution in [3.63, 3.8) is 0 Å². The molecule has 46 heavy (non-hydrogen) atoms. The van der Waals surface area contributed by atoms with E-state index in [1.165, 1.54) is 10.8 Å². The first-order valence-electron chi connectivity index (χ1n) is 14.8. The molecule has 5 N–H and O–H groups in total. The third-order valence-electron chi connectivity index (χ3n) is 5.82. The summed E-state index contributed by atoms with van der Waals surface area (Å²) in [7, 11) is 5.80. The molecule has 258 valence electrons. The molecule has 1 aromatic rings. The topological polar surface area (TPSA) is 151 Å². The smallest absolute Gasteiger partial charge is 0.257 e. The van der Waals surface area contributed by atoms with Gasteiger partial charge in [0.25, 0.3) is 11.6 Å². The molecule has 1 aliphatic rings. The minimum absolute atomic E-state index is 0.000644. The zero-order valence-electron chi connectivity index (χ0n) is 26.7. The standard InChI is InChI=1S/C29H45BFN3O8S4/c1-29(2,3)46-44-26(19-40-21-8-5-7-20(15-21)27(37)34-12-10-32)39-14-13-38-18-25(36)33-11-6-9-30-24-16-22(23(17-35)41-24)42-28(31)45-43-4/h5,7-8,15,22-24,26,28,30,35H,10-14,16-19,32H2,1-4H3,(H,33,36)(H,34,37)/t22-,23?,24-,26?,28+/m1/s1. The lowest BCUT2D eigenvalue weighted by molar-refractivity contribution is -0.126. The first kappa shape index (κ1) is 40.8. The Morgan fingerprint density at radius 3 is 2.78 bits per heavy atom. The molecular weight excluding hydrogens is 676 g/mol. The predicted octanol–water partition coefficient (Wildman–Crippen LogP) is 2.56. The van der Waals surface area contributed by atoms with Crippen LogP contribution in [-0.4, -0.2) is 117 Å². The maximum Gasteiger partial charge on any atom is 0.257 e. The van der Waals surface area contributed by atoms with Gasteiger partial charge in [0, 0.05) is 29.4 Å². The highest BCUT2D eigenvalue weighted by Gasteiger charge is 2.37. The number of alkyl halides is 1. The van der Waals surface area contributed by atoms with Crippen molar-refractivity contribution in [2.45, 2.75) is 61.3 Å². The fraction of sp³-hybridized carbons (Fsp3) is 0.655. The molecular formula is C29H45BFN3O8S4. The Morgan fingerprint density at radius 1 is 1.26 bits per heavy atom. The van der Waals surface area contributed by atoms with Gasteiger partial charge in [-0.3, -0.25) is 9.59 Å². The van der Waals surface area contributed by atoms with Crippen LogP contribution in [-0.2, 0) is 23.7 Å². The maximum absolute atomic E-state index is 13.8. The Labute approximate surface area is 287 Å². The SMILES string of the molecule is CSS[C@@H](F)O[C@@H]1C[C@H](BC#CCNC(=O)COCCOC(COc2cccc(C(=O)NCCN)c2)SSC(C)(C)C)OC1CO. The molecule has 0 bridgehead atoms. The first-order valence-corrected chi connectivity index (χ1v) is 19.6. The second-order valence-corrected chi connectivity index (χ2v) is 16.5. The lowest BCUT2D eigenvalue weighted by Gasteiger charge is -2.22. The third kappa shape index (κ3) is 17.7. The van der Waals surface area contributed by atoms with E-state index in [1.54, 1.807) is 52.1 Å². The Hall–Kier alpha value is -1.33. The molecule has 1 aliphatic heterocycles. The number of hydrogen-bond acceptors (Lipinski definition) is 13. The summed E-state index contributed by atoms with van der Waals surface area (Å²) in [5.41, 5.74) is 4.12. The summed E-state index contributed by atoms with van der Waals surface area (Å²) in [4.78, 5) is 24.4. The minimum atomic E-state index is -1.49. The van der Waals surface area contributed by atoms with Crippen molar-refractivity contribution in [3.05, 3.63) is 29.8 Å². The van der Waals surface area contributed by atoms with Crippen molar-refractivity contribution in [3.8, 4) is 17.5 Å². The quantitative estimate of drug-likeness (QED) is 0.0485. The average Bonchev–Trinajstić information content (AvgIpc) is 3.41. The number of amides is 2. The monoisotopic (exact) mass is 721 g/mol. The largest absolute Gasteiger partial charge is 0.490 e. The van der Waals surface area contributed by atoms with Gasteiger partial charge in [-0.15, -0.1) is 0 Å². The van der Waals surface area contributed by atoms with Gasteiger partial charge in [-0.25, -0.2) is 4.39 Å². The van der Waals surface area contributed by atoms with Crippen LogP contribution in [0.3, 0.4) is 0 Å². The Balaban J connectivity index is 1.68. The molecule has 2 rings (SSSR count). The molecule has 1 saturated heterocycles. The van der Waals surface area contributed by atoms with E-state index in [0.717, 1.165) is 10.8 Å². The number of halogens is 1. The van der Waals surface area contributed by atoms with Crippen molar-refractivity contribution < 1.29 is 42.8 Å². The van der Waals surface area contributed by atoms with Gasteiger partial charge in [0.2, 0.25) is 13.2 Å². The molecule has 0 saturated carbocycles. The van der Waals surface area contributed by atoms with Gasteiger partial charge in [0.15, 0.2) is 0 Å². The number of rotatable bonds is 21. The molecule has 1 heterocycles. The summed E-state index contributed by atoms with van der Waals surface area (Å²) in [5, 5.41) is 14.9. The summed E-state index contributed by atoms with van der Waals surface area (Å²) in [6.45, 7) is 7.50. The van der Waals surface area contributed by atoms with Crippen LogP contribution in [0, 0.1) is 11.7 Å². The number of nitrogens with one attached hydrogen (secondary N) is 2. The summed E-state index contributed by atoms with van der Waals surface area (Å²) in [6.07, 6.45) is 1.06. The number of ether oxygens (including phenoxy) is 5. The van der Waals surface area contributed by atoms with Crippen LogP contribution < -0.4 is 21.1 Å². The van der Waals surface area contributed by atoms with Crippen LogP contribution in [0.1, 0.15) is 37.6 Å². The number of hydrogen-bond donors (Lipinski definition) is 4. The zero-order chi connectivity index (χ0) is 33.8. The van der Waals surface area contributed by atoms with Gasteiger partial charge in [0.1, 0.15) is 30.5 Å². The molecule has 5 atom stereocenters. The average molecular weight is 722 g/mol. The third-order valence-corrected chi connectivity index (χ3v) is 10.8. The Bertz CT molecular complexity index is 1110. The van der Waals surface area contributed by atoms with Crippen LogP contribution in [0.2, 0.25) is 0 Å². The van der Waals surface area contributed by atoms with E-state index in [2.05, 4.69) is 43.1 Å². The van der Waals surface area contributed by atoms with Gasteiger partial charge < -0.3 is 45.2 Å². The molecule has 2 amide bonds. The van der Waals surface area contributed by atoms with Gasteiger partial charge in [-0.05, 0) is 41.7 Å². The molecule has 17 heteroatoms. The number of carbonyl (C=O) groups is 2. The Kier molecular flexibility index (Phi) is 20.5. The fourth-order valence-corrected chi connectivity index (χ4v) is 6.92. The van der Waals surface area contributed by atoms with E-state index >= 15 is 0 Å².